The molecule has 1 N–H and O–H groups in total. The number of hydrogen-bond donors (Lipinski definition) is 1. The van der Waals surface area contributed by atoms with Gasteiger partial charge >= 0.3 is 17.5 Å². The van der Waals surface area contributed by atoms with Crippen molar-refractivity contribution in [3.8, 4) is 28.5 Å². The second-order valence-electron chi connectivity index (χ2n) is 9.53. The Kier molecular flexibility index (Phi) is 7.95. The number of esters is 1. The molecule has 0 radical (unpaired) electrons. The third kappa shape index (κ3) is 6.22. The quantitative estimate of drug-likeness (QED) is 0.216. The van der Waals surface area contributed by atoms with Crippen LogP contribution in [0, 0.1) is 0 Å². The van der Waals surface area contributed by atoms with Crippen LogP contribution in [0.1, 0.15) is 35.8 Å². The van der Waals surface area contributed by atoms with E-state index in [-0.39, 0.29) is 31.0 Å². The molecule has 1 aliphatic rings. The topological polar surface area (TPSA) is 80.6 Å². The molecule has 8 nitrogen and oxygen atoms in total. The first-order chi connectivity index (χ1) is 19.3. The van der Waals surface area contributed by atoms with Crippen LogP contribution in [0.2, 0.25) is 0 Å². The van der Waals surface area contributed by atoms with E-state index in [1.807, 2.05) is 77.7 Å². The van der Waals surface area contributed by atoms with Gasteiger partial charge in [0.15, 0.2) is 0 Å². The van der Waals surface area contributed by atoms with Crippen molar-refractivity contribution < 1.29 is 32.5 Å². The summed E-state index contributed by atoms with van der Waals surface area (Å²) in [5.74, 6) is -1.63. The zero-order valence-electron chi connectivity index (χ0n) is 22.4. The highest BCUT2D eigenvalue weighted by Gasteiger charge is 2.34. The highest BCUT2D eigenvalue weighted by molar-refractivity contribution is 5.89. The number of rotatable bonds is 9. The predicted molar refractivity (Wildman–Crippen MR) is 145 cm³/mol. The van der Waals surface area contributed by atoms with Gasteiger partial charge in [0.2, 0.25) is 0 Å². The molecule has 0 bridgehead atoms. The van der Waals surface area contributed by atoms with Crippen molar-refractivity contribution in [2.24, 2.45) is 0 Å². The van der Waals surface area contributed by atoms with Crippen LogP contribution in [0.4, 0.5) is 14.5 Å². The number of aromatic amines is 1. The minimum atomic E-state index is -2.57. The lowest BCUT2D eigenvalue weighted by Crippen LogP contribution is -2.39. The molecule has 0 unspecified atom stereocenters. The van der Waals surface area contributed by atoms with E-state index in [0.29, 0.717) is 25.4 Å². The van der Waals surface area contributed by atoms with Crippen LogP contribution in [-0.2, 0) is 11.3 Å². The summed E-state index contributed by atoms with van der Waals surface area (Å²) in [5, 5.41) is 7.00. The van der Waals surface area contributed by atoms with Gasteiger partial charge < -0.3 is 19.1 Å². The molecular formula is C30H31F2N4O4+. The highest BCUT2D eigenvalue weighted by Crippen LogP contribution is 2.32. The predicted octanol–water partition coefficient (Wildman–Crippen LogP) is 5.63. The van der Waals surface area contributed by atoms with Crippen LogP contribution in [0.3, 0.4) is 0 Å². The fourth-order valence-electron chi connectivity index (χ4n) is 4.57. The minimum absolute atomic E-state index is 0.116. The highest BCUT2D eigenvalue weighted by atomic mass is 19.3. The lowest BCUT2D eigenvalue weighted by Gasteiger charge is -2.33. The fraction of sp³-hybridized carbons (Fsp3) is 0.300. The minimum Gasteiger partial charge on any atom is -0.497 e. The maximum absolute atomic E-state index is 13.5. The molecule has 0 aliphatic carbocycles. The number of carbonyl (C=O) groups is 1. The van der Waals surface area contributed by atoms with Crippen molar-refractivity contribution in [1.82, 2.24) is 10.3 Å². The van der Waals surface area contributed by atoms with Crippen LogP contribution in [0.5, 0.6) is 17.4 Å². The van der Waals surface area contributed by atoms with Crippen molar-refractivity contribution in [2.45, 2.75) is 32.2 Å². The van der Waals surface area contributed by atoms with E-state index < -0.39 is 11.9 Å². The first kappa shape index (κ1) is 27.1. The standard InChI is InChI=1S/C30H30F2N4O4/c1-3-39-29(37)27-28(36(34-33-27)20-21-4-12-25(38-2)13-5-21)40-26-14-8-23(9-15-26)22-6-10-24(11-7-22)35-18-16-30(31,32)17-19-35/h4-15H,3,16-20H2,1-2H3/p+1. The summed E-state index contributed by atoms with van der Waals surface area (Å²) in [7, 11) is 1.61. The monoisotopic (exact) mass is 549 g/mol. The molecule has 0 atom stereocenters. The van der Waals surface area contributed by atoms with Crippen molar-refractivity contribution in [1.29, 1.82) is 0 Å². The number of nitrogens with zero attached hydrogens (tertiary/aromatic N) is 3. The van der Waals surface area contributed by atoms with Gasteiger partial charge in [0, 0.05) is 31.6 Å². The number of anilines is 1. The van der Waals surface area contributed by atoms with Crippen molar-refractivity contribution in [2.75, 3.05) is 31.7 Å². The summed E-state index contributed by atoms with van der Waals surface area (Å²) in [5.41, 5.74) is 3.95. The van der Waals surface area contributed by atoms with E-state index in [2.05, 4.69) is 10.3 Å². The molecule has 40 heavy (non-hydrogen) atoms. The van der Waals surface area contributed by atoms with Gasteiger partial charge in [-0.2, -0.15) is 0 Å². The SMILES string of the molecule is CCOC(=O)c1[nH]n[n+](Cc2ccc(OC)cc2)c1Oc1ccc(-c2ccc(N3CCC(F)(F)CC3)cc2)cc1. The Bertz CT molecular complexity index is 1430. The Morgan fingerprint density at radius 3 is 2.15 bits per heavy atom. The van der Waals surface area contributed by atoms with E-state index >= 15 is 0 Å². The van der Waals surface area contributed by atoms with Crippen molar-refractivity contribution >= 4 is 11.7 Å². The lowest BCUT2D eigenvalue weighted by molar-refractivity contribution is -0.748. The molecule has 1 saturated heterocycles. The Balaban J connectivity index is 1.32. The van der Waals surface area contributed by atoms with E-state index in [1.165, 1.54) is 0 Å². The number of H-pyrrole nitrogens is 1. The van der Waals surface area contributed by atoms with E-state index in [4.69, 9.17) is 14.2 Å². The fourth-order valence-corrected chi connectivity index (χ4v) is 4.57. The molecule has 208 valence electrons. The zero-order chi connectivity index (χ0) is 28.1. The van der Waals surface area contributed by atoms with Crippen molar-refractivity contribution in [3.63, 3.8) is 0 Å². The number of aromatic nitrogens is 3. The number of methoxy groups -OCH3 is 1. The average molecular weight is 550 g/mol. The number of ether oxygens (including phenoxy) is 3. The molecular weight excluding hydrogens is 518 g/mol. The Hall–Kier alpha value is -4.47. The number of hydrogen-bond acceptors (Lipinski definition) is 6. The Labute approximate surface area is 231 Å². The van der Waals surface area contributed by atoms with Gasteiger partial charge in [-0.1, -0.05) is 41.1 Å². The summed E-state index contributed by atoms with van der Waals surface area (Å²) >= 11 is 0. The second kappa shape index (κ2) is 11.7. The number of benzene rings is 3. The maximum atomic E-state index is 13.5. The van der Waals surface area contributed by atoms with Gasteiger partial charge in [-0.3, -0.25) is 0 Å². The normalized spacial score (nSPS) is 14.6. The van der Waals surface area contributed by atoms with Crippen molar-refractivity contribution in [3.05, 3.63) is 84.1 Å². The molecule has 5 rings (SSSR count). The van der Waals surface area contributed by atoms with E-state index in [1.54, 1.807) is 18.7 Å². The molecule has 3 aromatic carbocycles. The molecule has 1 aliphatic heterocycles. The van der Waals surface area contributed by atoms with Crippen LogP contribution in [0.25, 0.3) is 11.1 Å². The number of piperidine rings is 1. The number of alkyl halides is 2. The Morgan fingerprint density at radius 1 is 0.950 bits per heavy atom. The van der Waals surface area contributed by atoms with E-state index in [0.717, 1.165) is 28.1 Å². The third-order valence-corrected chi connectivity index (χ3v) is 6.83. The van der Waals surface area contributed by atoms with Gasteiger partial charge in [-0.05, 0) is 60.0 Å². The maximum Gasteiger partial charge on any atom is 0.388 e. The van der Waals surface area contributed by atoms with Crippen LogP contribution in [-0.4, -0.2) is 49.0 Å². The molecule has 4 aromatic rings. The van der Waals surface area contributed by atoms with Crippen LogP contribution in [0.15, 0.2) is 72.8 Å². The number of nitrogens with one attached hydrogen (secondary N) is 1. The summed E-state index contributed by atoms with van der Waals surface area (Å²) in [6.07, 6.45) is -0.240. The van der Waals surface area contributed by atoms with E-state index in [9.17, 15) is 13.6 Å². The number of carbonyl (C=O) groups excluding carboxylic acids is 1. The largest absolute Gasteiger partial charge is 0.497 e. The third-order valence-electron chi connectivity index (χ3n) is 6.83. The zero-order valence-corrected chi connectivity index (χ0v) is 22.4. The molecule has 1 fully saturated rings. The smallest absolute Gasteiger partial charge is 0.388 e. The van der Waals surface area contributed by atoms with Gasteiger partial charge in [-0.25, -0.2) is 13.6 Å². The molecule has 0 spiro atoms. The summed E-state index contributed by atoms with van der Waals surface area (Å²) < 4.78 is 45.1. The second-order valence-corrected chi connectivity index (χ2v) is 9.53. The summed E-state index contributed by atoms with van der Waals surface area (Å²) in [4.78, 5) is 14.6. The average Bonchev–Trinajstić information content (AvgIpc) is 3.36. The Morgan fingerprint density at radius 2 is 1.55 bits per heavy atom. The molecule has 2 heterocycles. The first-order valence-electron chi connectivity index (χ1n) is 13.1. The van der Waals surface area contributed by atoms with Crippen LogP contribution >= 0.6 is 0 Å². The van der Waals surface area contributed by atoms with Gasteiger partial charge in [0.25, 0.3) is 5.92 Å². The summed E-state index contributed by atoms with van der Waals surface area (Å²) in [6.45, 7) is 3.00. The molecule has 0 amide bonds. The van der Waals surface area contributed by atoms with Gasteiger partial charge in [0.1, 0.15) is 18.0 Å². The molecule has 10 heteroatoms. The summed E-state index contributed by atoms with van der Waals surface area (Å²) in [6, 6.07) is 22.9. The number of halogens is 2. The van der Waals surface area contributed by atoms with Crippen LogP contribution < -0.4 is 19.1 Å². The van der Waals surface area contributed by atoms with Gasteiger partial charge in [-0.15, -0.1) is 5.10 Å². The first-order valence-corrected chi connectivity index (χ1v) is 13.1. The molecule has 1 aromatic heterocycles. The van der Waals surface area contributed by atoms with Gasteiger partial charge in [0.05, 0.1) is 18.9 Å². The molecule has 0 saturated carbocycles. The lowest BCUT2D eigenvalue weighted by atomic mass is 10.0.